The largest absolute Gasteiger partial charge is 0.342 e. The van der Waals surface area contributed by atoms with Gasteiger partial charge in [-0.25, -0.2) is 0 Å². The standard InChI is InChI=1S/C16H24N2OS/c1-13-3-5-14(6-4-13)20-10-7-15(19)18-9-8-16(2,11-17)12-18/h3-6H,7-12,17H2,1-2H3. The Bertz CT molecular complexity index is 460. The Morgan fingerprint density at radius 1 is 1.40 bits per heavy atom. The number of carbonyl (C=O) groups excluding carboxylic acids is 1. The van der Waals surface area contributed by atoms with Crippen LogP contribution in [0, 0.1) is 12.3 Å². The van der Waals surface area contributed by atoms with E-state index in [1.807, 2.05) is 4.90 Å². The van der Waals surface area contributed by atoms with Gasteiger partial charge in [-0.2, -0.15) is 0 Å². The van der Waals surface area contributed by atoms with Crippen LogP contribution in [0.25, 0.3) is 0 Å². The first kappa shape index (κ1) is 15.4. The van der Waals surface area contributed by atoms with Crippen LogP contribution in [0.3, 0.4) is 0 Å². The van der Waals surface area contributed by atoms with Gasteiger partial charge in [0.2, 0.25) is 5.91 Å². The number of carbonyl (C=O) groups is 1. The lowest BCUT2D eigenvalue weighted by Gasteiger charge is -2.22. The molecule has 1 aliphatic heterocycles. The summed E-state index contributed by atoms with van der Waals surface area (Å²) in [5, 5.41) is 0. The summed E-state index contributed by atoms with van der Waals surface area (Å²) in [5.74, 6) is 1.11. The summed E-state index contributed by atoms with van der Waals surface area (Å²) < 4.78 is 0. The van der Waals surface area contributed by atoms with Crippen molar-refractivity contribution in [3.63, 3.8) is 0 Å². The highest BCUT2D eigenvalue weighted by Crippen LogP contribution is 2.29. The summed E-state index contributed by atoms with van der Waals surface area (Å²) >= 11 is 1.75. The van der Waals surface area contributed by atoms with Crippen LogP contribution in [0.1, 0.15) is 25.3 Å². The topological polar surface area (TPSA) is 46.3 Å². The lowest BCUT2D eigenvalue weighted by atomic mass is 9.90. The Balaban J connectivity index is 1.74. The third-order valence-corrected chi connectivity index (χ3v) is 5.02. The minimum Gasteiger partial charge on any atom is -0.342 e. The van der Waals surface area contributed by atoms with Crippen LogP contribution in [-0.4, -0.2) is 36.2 Å². The highest BCUT2D eigenvalue weighted by atomic mass is 32.2. The molecule has 1 aliphatic rings. The molecule has 2 N–H and O–H groups in total. The first-order valence-electron chi connectivity index (χ1n) is 7.20. The van der Waals surface area contributed by atoms with Crippen molar-refractivity contribution < 1.29 is 4.79 Å². The summed E-state index contributed by atoms with van der Waals surface area (Å²) in [7, 11) is 0. The molecule has 110 valence electrons. The second-order valence-corrected chi connectivity index (χ2v) is 7.16. The third-order valence-electron chi connectivity index (χ3n) is 4.01. The van der Waals surface area contributed by atoms with Gasteiger partial charge in [0.15, 0.2) is 0 Å². The van der Waals surface area contributed by atoms with E-state index < -0.39 is 0 Å². The molecule has 20 heavy (non-hydrogen) atoms. The predicted octanol–water partition coefficient (Wildman–Crippen LogP) is 2.67. The molecule has 1 amide bonds. The van der Waals surface area contributed by atoms with E-state index in [1.54, 1.807) is 11.8 Å². The molecule has 0 radical (unpaired) electrons. The molecule has 2 rings (SSSR count). The second kappa shape index (κ2) is 6.64. The van der Waals surface area contributed by atoms with E-state index in [0.717, 1.165) is 25.3 Å². The number of hydrogen-bond donors (Lipinski definition) is 1. The Kier molecular flexibility index (Phi) is 5.11. The molecule has 0 bridgehead atoms. The molecule has 1 atom stereocenters. The Labute approximate surface area is 125 Å². The third kappa shape index (κ3) is 4.00. The maximum atomic E-state index is 12.2. The number of thioether (sulfide) groups is 1. The molecule has 0 saturated carbocycles. The van der Waals surface area contributed by atoms with Gasteiger partial charge in [0.05, 0.1) is 0 Å². The monoisotopic (exact) mass is 292 g/mol. The lowest BCUT2D eigenvalue weighted by Crippen LogP contribution is -2.34. The van der Waals surface area contributed by atoms with Crippen LogP contribution in [0.5, 0.6) is 0 Å². The fourth-order valence-electron chi connectivity index (χ4n) is 2.45. The minimum atomic E-state index is 0.125. The van der Waals surface area contributed by atoms with Gasteiger partial charge in [-0.3, -0.25) is 4.79 Å². The van der Waals surface area contributed by atoms with Gasteiger partial charge in [-0.05, 0) is 37.4 Å². The number of aryl methyl sites for hydroxylation is 1. The first-order chi connectivity index (χ1) is 9.52. The number of nitrogens with zero attached hydrogens (tertiary/aromatic N) is 1. The van der Waals surface area contributed by atoms with Crippen molar-refractivity contribution in [2.45, 2.75) is 31.6 Å². The van der Waals surface area contributed by atoms with Crippen molar-refractivity contribution in [1.82, 2.24) is 4.90 Å². The molecule has 1 aromatic carbocycles. The van der Waals surface area contributed by atoms with Gasteiger partial charge in [0, 0.05) is 30.2 Å². The number of amides is 1. The van der Waals surface area contributed by atoms with Crippen molar-refractivity contribution >= 4 is 17.7 Å². The van der Waals surface area contributed by atoms with E-state index in [4.69, 9.17) is 5.73 Å². The van der Waals surface area contributed by atoms with E-state index in [2.05, 4.69) is 38.1 Å². The predicted molar refractivity (Wildman–Crippen MR) is 84.9 cm³/mol. The molecule has 0 aliphatic carbocycles. The quantitative estimate of drug-likeness (QED) is 0.849. The molecule has 0 spiro atoms. The average molecular weight is 292 g/mol. The molecule has 3 nitrogen and oxygen atoms in total. The molecule has 4 heteroatoms. The number of rotatable bonds is 5. The number of benzene rings is 1. The number of nitrogens with two attached hydrogens (primary N) is 1. The molecule has 1 unspecified atom stereocenters. The number of likely N-dealkylation sites (tertiary alicyclic amines) is 1. The average Bonchev–Trinajstić information content (AvgIpc) is 2.84. The van der Waals surface area contributed by atoms with Crippen molar-refractivity contribution in [2.24, 2.45) is 11.1 Å². The van der Waals surface area contributed by atoms with E-state index in [9.17, 15) is 4.79 Å². The lowest BCUT2D eigenvalue weighted by molar-refractivity contribution is -0.130. The van der Waals surface area contributed by atoms with Gasteiger partial charge in [0.25, 0.3) is 0 Å². The van der Waals surface area contributed by atoms with Gasteiger partial charge < -0.3 is 10.6 Å². The summed E-state index contributed by atoms with van der Waals surface area (Å²) in [6, 6.07) is 8.45. The van der Waals surface area contributed by atoms with Gasteiger partial charge in [0.1, 0.15) is 0 Å². The smallest absolute Gasteiger partial charge is 0.223 e. The van der Waals surface area contributed by atoms with Crippen LogP contribution in [-0.2, 0) is 4.79 Å². The van der Waals surface area contributed by atoms with Gasteiger partial charge in [-0.1, -0.05) is 24.6 Å². The van der Waals surface area contributed by atoms with Crippen LogP contribution in [0.2, 0.25) is 0 Å². The zero-order chi connectivity index (χ0) is 14.6. The molecular formula is C16H24N2OS. The van der Waals surface area contributed by atoms with Gasteiger partial charge in [-0.15, -0.1) is 11.8 Å². The van der Waals surface area contributed by atoms with Crippen LogP contribution in [0.4, 0.5) is 0 Å². The highest BCUT2D eigenvalue weighted by Gasteiger charge is 2.34. The second-order valence-electron chi connectivity index (χ2n) is 5.99. The van der Waals surface area contributed by atoms with E-state index in [-0.39, 0.29) is 11.3 Å². The van der Waals surface area contributed by atoms with E-state index >= 15 is 0 Å². The summed E-state index contributed by atoms with van der Waals surface area (Å²) in [6.45, 7) is 6.59. The zero-order valence-electron chi connectivity index (χ0n) is 12.4. The summed E-state index contributed by atoms with van der Waals surface area (Å²) in [5.41, 5.74) is 7.17. The maximum absolute atomic E-state index is 12.2. The molecule has 1 aromatic rings. The maximum Gasteiger partial charge on any atom is 0.223 e. The summed E-state index contributed by atoms with van der Waals surface area (Å²) in [6.07, 6.45) is 1.64. The molecule has 1 fully saturated rings. The van der Waals surface area contributed by atoms with Crippen molar-refractivity contribution in [3.05, 3.63) is 29.8 Å². The molecule has 0 aromatic heterocycles. The molecule has 1 heterocycles. The van der Waals surface area contributed by atoms with E-state index in [0.29, 0.717) is 13.0 Å². The van der Waals surface area contributed by atoms with Crippen molar-refractivity contribution in [3.8, 4) is 0 Å². The van der Waals surface area contributed by atoms with Crippen LogP contribution < -0.4 is 5.73 Å². The first-order valence-corrected chi connectivity index (χ1v) is 8.18. The van der Waals surface area contributed by atoms with Crippen LogP contribution >= 0.6 is 11.8 Å². The normalized spacial score (nSPS) is 22.2. The Hall–Kier alpha value is -1.00. The molecule has 1 saturated heterocycles. The SMILES string of the molecule is Cc1ccc(SCCC(=O)N2CCC(C)(CN)C2)cc1. The van der Waals surface area contributed by atoms with Gasteiger partial charge >= 0.3 is 0 Å². The summed E-state index contributed by atoms with van der Waals surface area (Å²) in [4.78, 5) is 15.4. The Morgan fingerprint density at radius 2 is 2.10 bits per heavy atom. The van der Waals surface area contributed by atoms with Crippen LogP contribution in [0.15, 0.2) is 29.2 Å². The van der Waals surface area contributed by atoms with Crippen molar-refractivity contribution in [1.29, 1.82) is 0 Å². The zero-order valence-corrected chi connectivity index (χ0v) is 13.2. The van der Waals surface area contributed by atoms with E-state index in [1.165, 1.54) is 10.5 Å². The fraction of sp³-hybridized carbons (Fsp3) is 0.562. The Morgan fingerprint density at radius 3 is 2.70 bits per heavy atom. The highest BCUT2D eigenvalue weighted by molar-refractivity contribution is 7.99. The minimum absolute atomic E-state index is 0.125. The fourth-order valence-corrected chi connectivity index (χ4v) is 3.29. The number of hydrogen-bond acceptors (Lipinski definition) is 3. The molecular weight excluding hydrogens is 268 g/mol. The van der Waals surface area contributed by atoms with Crippen molar-refractivity contribution in [2.75, 3.05) is 25.4 Å².